The van der Waals surface area contributed by atoms with Crippen LogP contribution in [0.25, 0.3) is 0 Å². The fourth-order valence-electron chi connectivity index (χ4n) is 4.70. The van der Waals surface area contributed by atoms with Crippen LogP contribution in [0, 0.1) is 13.8 Å². The number of carbonyl (C=O) groups excluding carboxylic acids is 2. The SMILES string of the molecule is Cc1cc(C)cc(NC(=O)CN2C(=O)CCCc3cc(S(=O)(=O)N4CCCCC4)ccc32)c1. The molecule has 0 aromatic heterocycles. The van der Waals surface area contributed by atoms with Crippen LogP contribution < -0.4 is 10.2 Å². The minimum absolute atomic E-state index is 0.114. The molecule has 2 heterocycles. The number of rotatable bonds is 5. The Hall–Kier alpha value is -2.71. The van der Waals surface area contributed by atoms with Crippen LogP contribution in [-0.4, -0.2) is 44.2 Å². The molecule has 0 aliphatic carbocycles. The van der Waals surface area contributed by atoms with Crippen molar-refractivity contribution in [1.82, 2.24) is 4.31 Å². The zero-order chi connectivity index (χ0) is 23.6. The van der Waals surface area contributed by atoms with Gasteiger partial charge in [-0.05, 0) is 86.6 Å². The minimum atomic E-state index is -3.56. The van der Waals surface area contributed by atoms with Gasteiger partial charge in [-0.1, -0.05) is 12.5 Å². The van der Waals surface area contributed by atoms with Gasteiger partial charge in [0, 0.05) is 30.9 Å². The number of benzene rings is 2. The summed E-state index contributed by atoms with van der Waals surface area (Å²) in [6.45, 7) is 4.90. The Morgan fingerprint density at radius 2 is 1.64 bits per heavy atom. The summed E-state index contributed by atoms with van der Waals surface area (Å²) in [5.41, 5.74) is 4.19. The molecule has 1 saturated heterocycles. The zero-order valence-electron chi connectivity index (χ0n) is 19.3. The van der Waals surface area contributed by atoms with Gasteiger partial charge in [0.2, 0.25) is 21.8 Å². The van der Waals surface area contributed by atoms with Gasteiger partial charge in [-0.2, -0.15) is 4.31 Å². The Balaban J connectivity index is 1.57. The fraction of sp³-hybridized carbons (Fsp3) is 0.440. The topological polar surface area (TPSA) is 86.8 Å². The van der Waals surface area contributed by atoms with Crippen molar-refractivity contribution in [2.75, 3.05) is 29.9 Å². The number of piperidine rings is 1. The molecular weight excluding hydrogens is 438 g/mol. The average molecular weight is 470 g/mol. The summed E-state index contributed by atoms with van der Waals surface area (Å²) in [7, 11) is -3.56. The van der Waals surface area contributed by atoms with Crippen LogP contribution in [0.1, 0.15) is 48.8 Å². The van der Waals surface area contributed by atoms with Crippen molar-refractivity contribution in [1.29, 1.82) is 0 Å². The van der Waals surface area contributed by atoms with Gasteiger partial charge in [-0.25, -0.2) is 8.42 Å². The summed E-state index contributed by atoms with van der Waals surface area (Å²) in [5.74, 6) is -0.415. The Kier molecular flexibility index (Phi) is 6.86. The van der Waals surface area contributed by atoms with E-state index in [-0.39, 0.29) is 23.3 Å². The van der Waals surface area contributed by atoms with Gasteiger partial charge in [0.1, 0.15) is 6.54 Å². The fourth-order valence-corrected chi connectivity index (χ4v) is 6.27. The zero-order valence-corrected chi connectivity index (χ0v) is 20.1. The molecule has 1 N–H and O–H groups in total. The lowest BCUT2D eigenvalue weighted by Crippen LogP contribution is -2.38. The van der Waals surface area contributed by atoms with E-state index >= 15 is 0 Å². The average Bonchev–Trinajstić information content (AvgIpc) is 2.92. The second kappa shape index (κ2) is 9.65. The van der Waals surface area contributed by atoms with Gasteiger partial charge in [0.15, 0.2) is 0 Å². The smallest absolute Gasteiger partial charge is 0.244 e. The normalized spacial score (nSPS) is 17.4. The molecular formula is C25H31N3O4S. The molecule has 8 heteroatoms. The van der Waals surface area contributed by atoms with E-state index in [2.05, 4.69) is 5.32 Å². The van der Waals surface area contributed by atoms with Crippen molar-refractivity contribution in [2.24, 2.45) is 0 Å². The number of hydrogen-bond donors (Lipinski definition) is 1. The van der Waals surface area contributed by atoms with Crippen LogP contribution in [0.3, 0.4) is 0 Å². The minimum Gasteiger partial charge on any atom is -0.325 e. The Labute approximate surface area is 195 Å². The van der Waals surface area contributed by atoms with Crippen molar-refractivity contribution in [2.45, 2.75) is 57.3 Å². The first-order valence-corrected chi connectivity index (χ1v) is 13.0. The molecule has 2 aromatic rings. The molecule has 0 atom stereocenters. The van der Waals surface area contributed by atoms with Crippen LogP contribution in [-0.2, 0) is 26.0 Å². The molecule has 2 aliphatic rings. The molecule has 4 rings (SSSR count). The molecule has 176 valence electrons. The number of carbonyl (C=O) groups is 2. The van der Waals surface area contributed by atoms with Crippen LogP contribution in [0.5, 0.6) is 0 Å². The quantitative estimate of drug-likeness (QED) is 0.722. The standard InChI is InChI=1S/C25H31N3O4S/c1-18-13-19(2)15-21(14-18)26-24(29)17-28-23-10-9-22(16-20(23)7-6-8-25(28)30)33(31,32)27-11-4-3-5-12-27/h9-10,13-16H,3-8,11-12,17H2,1-2H3,(H,26,29). The van der Waals surface area contributed by atoms with E-state index in [1.165, 1.54) is 4.90 Å². The third-order valence-corrected chi connectivity index (χ3v) is 8.13. The van der Waals surface area contributed by atoms with Crippen molar-refractivity contribution in [3.05, 3.63) is 53.1 Å². The van der Waals surface area contributed by atoms with E-state index < -0.39 is 10.0 Å². The first kappa shape index (κ1) is 23.4. The third kappa shape index (κ3) is 5.28. The lowest BCUT2D eigenvalue weighted by atomic mass is 10.1. The largest absolute Gasteiger partial charge is 0.325 e. The number of nitrogens with one attached hydrogen (secondary N) is 1. The molecule has 0 spiro atoms. The first-order valence-electron chi connectivity index (χ1n) is 11.6. The summed E-state index contributed by atoms with van der Waals surface area (Å²) in [6, 6.07) is 10.7. The van der Waals surface area contributed by atoms with Crippen LogP contribution in [0.4, 0.5) is 11.4 Å². The number of aryl methyl sites for hydroxylation is 3. The molecule has 7 nitrogen and oxygen atoms in total. The van der Waals surface area contributed by atoms with Crippen LogP contribution >= 0.6 is 0 Å². The molecule has 2 aliphatic heterocycles. The second-order valence-electron chi connectivity index (χ2n) is 9.01. The first-order chi connectivity index (χ1) is 15.7. The molecule has 1 fully saturated rings. The highest BCUT2D eigenvalue weighted by molar-refractivity contribution is 7.89. The van der Waals surface area contributed by atoms with E-state index in [9.17, 15) is 18.0 Å². The van der Waals surface area contributed by atoms with Crippen molar-refractivity contribution in [3.63, 3.8) is 0 Å². The molecule has 0 bridgehead atoms. The van der Waals surface area contributed by atoms with Crippen molar-refractivity contribution >= 4 is 33.2 Å². The maximum absolute atomic E-state index is 13.1. The number of anilines is 2. The molecule has 0 radical (unpaired) electrons. The Morgan fingerprint density at radius 1 is 0.939 bits per heavy atom. The van der Waals surface area contributed by atoms with Gasteiger partial charge < -0.3 is 10.2 Å². The molecule has 2 aromatic carbocycles. The highest BCUT2D eigenvalue weighted by atomic mass is 32.2. The predicted octanol–water partition coefficient (Wildman–Crippen LogP) is 3.79. The lowest BCUT2D eigenvalue weighted by Gasteiger charge is -2.27. The van der Waals surface area contributed by atoms with E-state index in [1.807, 2.05) is 32.0 Å². The van der Waals surface area contributed by atoms with E-state index in [0.29, 0.717) is 43.7 Å². The van der Waals surface area contributed by atoms with Gasteiger partial charge in [0.05, 0.1) is 4.90 Å². The number of amides is 2. The van der Waals surface area contributed by atoms with Crippen molar-refractivity contribution < 1.29 is 18.0 Å². The number of hydrogen-bond acceptors (Lipinski definition) is 4. The summed E-state index contributed by atoms with van der Waals surface area (Å²) in [5, 5.41) is 2.89. The summed E-state index contributed by atoms with van der Waals surface area (Å²) >= 11 is 0. The maximum Gasteiger partial charge on any atom is 0.244 e. The molecule has 2 amide bonds. The number of fused-ring (bicyclic) bond motifs is 1. The lowest BCUT2D eigenvalue weighted by molar-refractivity contribution is -0.121. The maximum atomic E-state index is 13.1. The molecule has 0 saturated carbocycles. The number of sulfonamides is 1. The van der Waals surface area contributed by atoms with Crippen LogP contribution in [0.15, 0.2) is 41.3 Å². The second-order valence-corrected chi connectivity index (χ2v) is 11.0. The van der Waals surface area contributed by atoms with Crippen molar-refractivity contribution in [3.8, 4) is 0 Å². The summed E-state index contributed by atoms with van der Waals surface area (Å²) < 4.78 is 27.8. The van der Waals surface area contributed by atoms with Gasteiger partial charge in [-0.15, -0.1) is 0 Å². The van der Waals surface area contributed by atoms with Crippen LogP contribution in [0.2, 0.25) is 0 Å². The summed E-state index contributed by atoms with van der Waals surface area (Å²) in [4.78, 5) is 27.4. The predicted molar refractivity (Wildman–Crippen MR) is 129 cm³/mol. The molecule has 33 heavy (non-hydrogen) atoms. The van der Waals surface area contributed by atoms with E-state index in [0.717, 1.165) is 36.0 Å². The van der Waals surface area contributed by atoms with Gasteiger partial charge >= 0.3 is 0 Å². The highest BCUT2D eigenvalue weighted by Crippen LogP contribution is 2.31. The third-order valence-electron chi connectivity index (χ3n) is 6.24. The van der Waals surface area contributed by atoms with Gasteiger partial charge in [-0.3, -0.25) is 9.59 Å². The Morgan fingerprint density at radius 3 is 2.33 bits per heavy atom. The Bertz CT molecular complexity index is 1150. The van der Waals surface area contributed by atoms with E-state index in [4.69, 9.17) is 0 Å². The number of nitrogens with zero attached hydrogens (tertiary/aromatic N) is 2. The monoisotopic (exact) mass is 469 g/mol. The highest BCUT2D eigenvalue weighted by Gasteiger charge is 2.29. The van der Waals surface area contributed by atoms with Gasteiger partial charge in [0.25, 0.3) is 0 Å². The molecule has 0 unspecified atom stereocenters. The van der Waals surface area contributed by atoms with E-state index in [1.54, 1.807) is 22.5 Å². The summed E-state index contributed by atoms with van der Waals surface area (Å²) in [6.07, 6.45) is 4.34.